The molecule has 0 radical (unpaired) electrons. The number of benzene rings is 4. The van der Waals surface area contributed by atoms with Crippen LogP contribution in [0.2, 0.25) is 0 Å². The van der Waals surface area contributed by atoms with Gasteiger partial charge < -0.3 is 19.3 Å². The van der Waals surface area contributed by atoms with Gasteiger partial charge in [-0.2, -0.15) is 0 Å². The van der Waals surface area contributed by atoms with Crippen molar-refractivity contribution in [3.05, 3.63) is 120 Å². The highest BCUT2D eigenvalue weighted by molar-refractivity contribution is 6.09. The van der Waals surface area contributed by atoms with Crippen LogP contribution in [0.5, 0.6) is 17.2 Å². The van der Waals surface area contributed by atoms with E-state index in [4.69, 9.17) is 14.2 Å². The normalized spacial score (nSPS) is 10.8. The first-order valence-corrected chi connectivity index (χ1v) is 11.8. The SMILES string of the molecule is COc1ccccc1N(NC(=O)C(O)(c1ccccc1OC)c1ccccc1OC)C(=O)c1ccccc1. The van der Waals surface area contributed by atoms with E-state index in [0.717, 1.165) is 5.01 Å². The van der Waals surface area contributed by atoms with E-state index in [9.17, 15) is 14.7 Å². The summed E-state index contributed by atoms with van der Waals surface area (Å²) in [5, 5.41) is 13.3. The molecule has 0 aliphatic carbocycles. The summed E-state index contributed by atoms with van der Waals surface area (Å²) in [5.41, 5.74) is 1.25. The highest BCUT2D eigenvalue weighted by Gasteiger charge is 2.45. The van der Waals surface area contributed by atoms with Crippen LogP contribution in [-0.2, 0) is 10.4 Å². The predicted octanol–water partition coefficient (Wildman–Crippen LogP) is 4.33. The van der Waals surface area contributed by atoms with Gasteiger partial charge in [0.1, 0.15) is 22.9 Å². The summed E-state index contributed by atoms with van der Waals surface area (Å²) in [4.78, 5) is 27.9. The molecule has 4 aromatic rings. The molecule has 8 heteroatoms. The Morgan fingerprint density at radius 1 is 0.658 bits per heavy atom. The largest absolute Gasteiger partial charge is 0.496 e. The molecule has 4 aromatic carbocycles. The summed E-state index contributed by atoms with van der Waals surface area (Å²) in [6, 6.07) is 28.5. The van der Waals surface area contributed by atoms with Crippen molar-refractivity contribution in [1.29, 1.82) is 0 Å². The quantitative estimate of drug-likeness (QED) is 0.341. The number of carbonyl (C=O) groups is 2. The van der Waals surface area contributed by atoms with Gasteiger partial charge in [-0.1, -0.05) is 66.7 Å². The van der Waals surface area contributed by atoms with E-state index in [2.05, 4.69) is 5.43 Å². The van der Waals surface area contributed by atoms with Crippen molar-refractivity contribution < 1.29 is 28.9 Å². The van der Waals surface area contributed by atoms with Gasteiger partial charge in [-0.25, -0.2) is 5.01 Å². The van der Waals surface area contributed by atoms with Gasteiger partial charge in [0.25, 0.3) is 11.8 Å². The zero-order valence-corrected chi connectivity index (χ0v) is 21.3. The molecule has 0 saturated heterocycles. The zero-order chi connectivity index (χ0) is 27.1. The number of carbonyl (C=O) groups excluding carboxylic acids is 2. The topological polar surface area (TPSA) is 97.3 Å². The van der Waals surface area contributed by atoms with Crippen LogP contribution in [0.25, 0.3) is 0 Å². The Balaban J connectivity index is 1.89. The number of methoxy groups -OCH3 is 3. The molecule has 0 saturated carbocycles. The van der Waals surface area contributed by atoms with Gasteiger partial charge in [0.15, 0.2) is 0 Å². The average molecular weight is 513 g/mol. The van der Waals surface area contributed by atoms with Crippen molar-refractivity contribution in [2.24, 2.45) is 0 Å². The van der Waals surface area contributed by atoms with Crippen LogP contribution in [0.3, 0.4) is 0 Å². The van der Waals surface area contributed by atoms with Crippen LogP contribution in [-0.4, -0.2) is 38.3 Å². The fourth-order valence-corrected chi connectivity index (χ4v) is 4.20. The lowest BCUT2D eigenvalue weighted by Gasteiger charge is -2.33. The summed E-state index contributed by atoms with van der Waals surface area (Å²) in [6.07, 6.45) is 0. The van der Waals surface area contributed by atoms with Crippen molar-refractivity contribution in [2.45, 2.75) is 5.60 Å². The number of nitrogens with zero attached hydrogens (tertiary/aromatic N) is 1. The molecule has 0 bridgehead atoms. The Kier molecular flexibility index (Phi) is 7.94. The highest BCUT2D eigenvalue weighted by Crippen LogP contribution is 2.40. The number of hydrogen-bond donors (Lipinski definition) is 2. The second kappa shape index (κ2) is 11.5. The van der Waals surface area contributed by atoms with Crippen LogP contribution in [0.15, 0.2) is 103 Å². The molecule has 0 aromatic heterocycles. The Morgan fingerprint density at radius 2 is 1.11 bits per heavy atom. The fraction of sp³-hybridized carbons (Fsp3) is 0.133. The molecule has 2 N–H and O–H groups in total. The van der Waals surface area contributed by atoms with E-state index >= 15 is 0 Å². The third-order valence-corrected chi connectivity index (χ3v) is 6.09. The monoisotopic (exact) mass is 512 g/mol. The van der Waals surface area contributed by atoms with Crippen molar-refractivity contribution in [2.75, 3.05) is 26.3 Å². The van der Waals surface area contributed by atoms with Gasteiger partial charge in [-0.15, -0.1) is 0 Å². The maximum atomic E-state index is 14.2. The third kappa shape index (κ3) is 4.89. The minimum Gasteiger partial charge on any atom is -0.496 e. The summed E-state index contributed by atoms with van der Waals surface area (Å²) < 4.78 is 16.5. The highest BCUT2D eigenvalue weighted by atomic mass is 16.5. The fourth-order valence-electron chi connectivity index (χ4n) is 4.20. The van der Waals surface area contributed by atoms with Crippen LogP contribution < -0.4 is 24.6 Å². The van der Waals surface area contributed by atoms with Crippen molar-refractivity contribution in [3.8, 4) is 17.2 Å². The number of ether oxygens (including phenoxy) is 3. The van der Waals surface area contributed by atoms with E-state index in [-0.39, 0.29) is 28.3 Å². The zero-order valence-electron chi connectivity index (χ0n) is 21.3. The summed E-state index contributed by atoms with van der Waals surface area (Å²) in [6.45, 7) is 0. The molecule has 0 atom stereocenters. The first kappa shape index (κ1) is 26.2. The lowest BCUT2D eigenvalue weighted by Crippen LogP contribution is -2.54. The van der Waals surface area contributed by atoms with Gasteiger partial charge >= 0.3 is 0 Å². The Morgan fingerprint density at radius 3 is 1.63 bits per heavy atom. The molecule has 0 aliphatic heterocycles. The first-order chi connectivity index (χ1) is 18.4. The summed E-state index contributed by atoms with van der Waals surface area (Å²) >= 11 is 0. The number of hydrogen-bond acceptors (Lipinski definition) is 6. The molecule has 0 heterocycles. The van der Waals surface area contributed by atoms with Gasteiger partial charge in [0, 0.05) is 16.7 Å². The standard InChI is InChI=1S/C30H28N2O6/c1-36-25-18-10-7-15-22(25)30(35,23-16-8-11-19-26(23)37-2)29(34)31-32(24-17-9-12-20-27(24)38-3)28(33)21-13-5-4-6-14-21/h4-20,35H,1-3H3,(H,31,34). The van der Waals surface area contributed by atoms with E-state index < -0.39 is 17.4 Å². The van der Waals surface area contributed by atoms with Gasteiger partial charge in [-0.3, -0.25) is 15.0 Å². The lowest BCUT2D eigenvalue weighted by atomic mass is 9.84. The molecule has 2 amide bonds. The summed E-state index contributed by atoms with van der Waals surface area (Å²) in [5.74, 6) is -0.564. The van der Waals surface area contributed by atoms with E-state index in [1.807, 2.05) is 0 Å². The van der Waals surface area contributed by atoms with Crippen LogP contribution >= 0.6 is 0 Å². The number of anilines is 1. The van der Waals surface area contributed by atoms with Gasteiger partial charge in [-0.05, 0) is 36.4 Å². The molecule has 4 rings (SSSR count). The maximum Gasteiger partial charge on any atom is 0.280 e. The smallest absolute Gasteiger partial charge is 0.280 e. The molecular formula is C30H28N2O6. The molecule has 0 fully saturated rings. The average Bonchev–Trinajstić information content (AvgIpc) is 2.99. The van der Waals surface area contributed by atoms with Gasteiger partial charge in [0.2, 0.25) is 5.60 Å². The van der Waals surface area contributed by atoms with Crippen molar-refractivity contribution in [3.63, 3.8) is 0 Å². The van der Waals surface area contributed by atoms with E-state index in [1.165, 1.54) is 21.3 Å². The number of para-hydroxylation sites is 4. The van der Waals surface area contributed by atoms with Crippen molar-refractivity contribution >= 4 is 17.5 Å². The molecular weight excluding hydrogens is 484 g/mol. The summed E-state index contributed by atoms with van der Waals surface area (Å²) in [7, 11) is 4.35. The molecule has 0 spiro atoms. The Bertz CT molecular complexity index is 1380. The second-order valence-corrected chi connectivity index (χ2v) is 8.23. The number of amides is 2. The van der Waals surface area contributed by atoms with Crippen LogP contribution in [0, 0.1) is 0 Å². The van der Waals surface area contributed by atoms with Crippen LogP contribution in [0.1, 0.15) is 21.5 Å². The molecule has 38 heavy (non-hydrogen) atoms. The molecule has 8 nitrogen and oxygen atoms in total. The van der Waals surface area contributed by atoms with E-state index in [0.29, 0.717) is 11.3 Å². The number of rotatable bonds is 8. The minimum absolute atomic E-state index is 0.164. The molecule has 0 unspecified atom stereocenters. The van der Waals surface area contributed by atoms with Crippen LogP contribution in [0.4, 0.5) is 5.69 Å². The Labute approximate surface area is 221 Å². The van der Waals surface area contributed by atoms with E-state index in [1.54, 1.807) is 103 Å². The third-order valence-electron chi connectivity index (χ3n) is 6.09. The second-order valence-electron chi connectivity index (χ2n) is 8.23. The Hall–Kier alpha value is -4.82. The molecule has 194 valence electrons. The number of hydrazine groups is 1. The predicted molar refractivity (Wildman–Crippen MR) is 143 cm³/mol. The van der Waals surface area contributed by atoms with Crippen molar-refractivity contribution in [1.82, 2.24) is 5.43 Å². The number of nitrogens with one attached hydrogen (secondary N) is 1. The molecule has 0 aliphatic rings. The minimum atomic E-state index is -2.32. The maximum absolute atomic E-state index is 14.2. The number of aliphatic hydroxyl groups is 1. The lowest BCUT2D eigenvalue weighted by molar-refractivity contribution is -0.137. The first-order valence-electron chi connectivity index (χ1n) is 11.8. The van der Waals surface area contributed by atoms with Gasteiger partial charge in [0.05, 0.1) is 21.3 Å².